The van der Waals surface area contributed by atoms with Crippen molar-refractivity contribution in [1.82, 2.24) is 4.98 Å². The molecule has 3 nitrogen and oxygen atoms in total. The second kappa shape index (κ2) is 5.46. The molecular weight excluding hydrogens is 262 g/mol. The molecule has 18 heavy (non-hydrogen) atoms. The molecule has 0 fully saturated rings. The van der Waals surface area contributed by atoms with Gasteiger partial charge < -0.3 is 10.6 Å². The van der Waals surface area contributed by atoms with Crippen molar-refractivity contribution in [3.63, 3.8) is 0 Å². The molecule has 2 aromatic rings. The summed E-state index contributed by atoms with van der Waals surface area (Å²) < 4.78 is 0. The van der Waals surface area contributed by atoms with Crippen LogP contribution in [0.3, 0.4) is 0 Å². The molecule has 0 amide bonds. The Hall–Kier alpha value is -1.46. The molecule has 0 aliphatic carbocycles. The molecule has 0 saturated heterocycles. The van der Waals surface area contributed by atoms with Gasteiger partial charge in [-0.3, -0.25) is 0 Å². The Labute approximate surface area is 116 Å². The van der Waals surface area contributed by atoms with Crippen LogP contribution in [0.4, 0.5) is 5.69 Å². The number of hydrogen-bond acceptors (Lipinski definition) is 4. The molecule has 94 valence electrons. The van der Waals surface area contributed by atoms with Gasteiger partial charge in [-0.1, -0.05) is 12.2 Å². The topological polar surface area (TPSA) is 42.2 Å². The normalized spacial score (nSPS) is 10.3. The van der Waals surface area contributed by atoms with Crippen LogP contribution in [-0.2, 0) is 6.54 Å². The second-order valence-corrected chi connectivity index (χ2v) is 5.63. The van der Waals surface area contributed by atoms with E-state index in [9.17, 15) is 0 Å². The summed E-state index contributed by atoms with van der Waals surface area (Å²) in [6.07, 6.45) is 0. The third kappa shape index (κ3) is 3.05. The molecule has 5 heteroatoms. The zero-order valence-electron chi connectivity index (χ0n) is 10.4. The van der Waals surface area contributed by atoms with E-state index < -0.39 is 0 Å². The van der Waals surface area contributed by atoms with Gasteiger partial charge in [-0.05, 0) is 31.2 Å². The average molecular weight is 277 g/mol. The average Bonchev–Trinajstić information content (AvgIpc) is 2.75. The van der Waals surface area contributed by atoms with E-state index in [1.165, 1.54) is 0 Å². The summed E-state index contributed by atoms with van der Waals surface area (Å²) in [6, 6.07) is 7.93. The Morgan fingerprint density at radius 3 is 2.56 bits per heavy atom. The summed E-state index contributed by atoms with van der Waals surface area (Å²) >= 11 is 6.61. The summed E-state index contributed by atoms with van der Waals surface area (Å²) in [5.74, 6) is 0. The third-order valence-electron chi connectivity index (χ3n) is 2.66. The van der Waals surface area contributed by atoms with Gasteiger partial charge in [0.05, 0.1) is 17.2 Å². The first-order valence-electron chi connectivity index (χ1n) is 5.58. The minimum atomic E-state index is 0.430. The van der Waals surface area contributed by atoms with Crippen molar-refractivity contribution < 1.29 is 0 Å². The highest BCUT2D eigenvalue weighted by atomic mass is 32.1. The molecule has 1 aromatic heterocycles. The predicted molar refractivity (Wildman–Crippen MR) is 81.3 cm³/mol. The van der Waals surface area contributed by atoms with Crippen LogP contribution in [0.15, 0.2) is 29.6 Å². The molecule has 0 aliphatic rings. The van der Waals surface area contributed by atoms with E-state index in [2.05, 4.69) is 15.3 Å². The summed E-state index contributed by atoms with van der Waals surface area (Å²) in [5, 5.41) is 3.19. The first-order valence-corrected chi connectivity index (χ1v) is 6.87. The Morgan fingerprint density at radius 1 is 1.39 bits per heavy atom. The quantitative estimate of drug-likeness (QED) is 0.873. The standard InChI is InChI=1S/C13H15N3S2/c1-9-15-11(8-18-9)7-16(2)12-5-3-10(4-6-12)13(14)17/h3-6,8H,7H2,1-2H3,(H2,14,17). The van der Waals surface area contributed by atoms with Crippen LogP contribution in [0.25, 0.3) is 0 Å². The summed E-state index contributed by atoms with van der Waals surface area (Å²) in [5.41, 5.74) is 8.69. The lowest BCUT2D eigenvalue weighted by atomic mass is 10.2. The number of hydrogen-bond donors (Lipinski definition) is 1. The zero-order chi connectivity index (χ0) is 13.1. The molecule has 0 atom stereocenters. The largest absolute Gasteiger partial charge is 0.389 e. The third-order valence-corrected chi connectivity index (χ3v) is 3.72. The summed E-state index contributed by atoms with van der Waals surface area (Å²) in [7, 11) is 2.05. The Kier molecular flexibility index (Phi) is 3.93. The molecule has 0 spiro atoms. The Morgan fingerprint density at radius 2 is 2.06 bits per heavy atom. The minimum absolute atomic E-state index is 0.430. The predicted octanol–water partition coefficient (Wildman–Crippen LogP) is 2.72. The van der Waals surface area contributed by atoms with Gasteiger partial charge in [0.1, 0.15) is 4.99 Å². The maximum atomic E-state index is 5.58. The maximum Gasteiger partial charge on any atom is 0.103 e. The van der Waals surface area contributed by atoms with Gasteiger partial charge in [0, 0.05) is 23.7 Å². The molecule has 0 aliphatic heterocycles. The second-order valence-electron chi connectivity index (χ2n) is 4.13. The highest BCUT2D eigenvalue weighted by molar-refractivity contribution is 7.80. The first-order chi connectivity index (χ1) is 8.56. The minimum Gasteiger partial charge on any atom is -0.389 e. The van der Waals surface area contributed by atoms with Crippen molar-refractivity contribution in [3.8, 4) is 0 Å². The number of nitrogens with zero attached hydrogens (tertiary/aromatic N) is 2. The van der Waals surface area contributed by atoms with Crippen molar-refractivity contribution in [2.24, 2.45) is 5.73 Å². The highest BCUT2D eigenvalue weighted by Gasteiger charge is 2.05. The fraction of sp³-hybridized carbons (Fsp3) is 0.231. The first kappa shape index (κ1) is 13.0. The van der Waals surface area contributed by atoms with Crippen LogP contribution in [0.5, 0.6) is 0 Å². The number of rotatable bonds is 4. The van der Waals surface area contributed by atoms with Gasteiger partial charge in [0.25, 0.3) is 0 Å². The lowest BCUT2D eigenvalue weighted by Crippen LogP contribution is -2.17. The van der Waals surface area contributed by atoms with Crippen LogP contribution in [0.1, 0.15) is 16.3 Å². The number of aryl methyl sites for hydroxylation is 1. The molecule has 0 unspecified atom stereocenters. The summed E-state index contributed by atoms with van der Waals surface area (Å²) in [6.45, 7) is 2.82. The number of thiazole rings is 1. The fourth-order valence-corrected chi connectivity index (χ4v) is 2.44. The van der Waals surface area contributed by atoms with Crippen LogP contribution < -0.4 is 10.6 Å². The van der Waals surface area contributed by atoms with Gasteiger partial charge in [0.2, 0.25) is 0 Å². The van der Waals surface area contributed by atoms with E-state index in [0.29, 0.717) is 4.99 Å². The van der Waals surface area contributed by atoms with Crippen LogP contribution in [0, 0.1) is 6.92 Å². The maximum absolute atomic E-state index is 5.58. The molecule has 0 radical (unpaired) electrons. The van der Waals surface area contributed by atoms with Gasteiger partial charge in [-0.15, -0.1) is 11.3 Å². The van der Waals surface area contributed by atoms with E-state index in [1.54, 1.807) is 11.3 Å². The van der Waals surface area contributed by atoms with Gasteiger partial charge in [0.15, 0.2) is 0 Å². The van der Waals surface area contributed by atoms with E-state index in [1.807, 2.05) is 38.2 Å². The SMILES string of the molecule is Cc1nc(CN(C)c2ccc(C(N)=S)cc2)cs1. The molecule has 1 aromatic carbocycles. The van der Waals surface area contributed by atoms with E-state index in [-0.39, 0.29) is 0 Å². The van der Waals surface area contributed by atoms with Crippen molar-refractivity contribution in [3.05, 3.63) is 45.9 Å². The van der Waals surface area contributed by atoms with Gasteiger partial charge in [-0.25, -0.2) is 4.98 Å². The van der Waals surface area contributed by atoms with Crippen molar-refractivity contribution in [1.29, 1.82) is 0 Å². The summed E-state index contributed by atoms with van der Waals surface area (Å²) in [4.78, 5) is 7.04. The Bertz CT molecular complexity index is 546. The smallest absolute Gasteiger partial charge is 0.103 e. The van der Waals surface area contributed by atoms with Gasteiger partial charge in [-0.2, -0.15) is 0 Å². The van der Waals surface area contributed by atoms with Crippen LogP contribution in [0.2, 0.25) is 0 Å². The number of nitrogens with two attached hydrogens (primary N) is 1. The number of benzene rings is 1. The molecule has 2 N–H and O–H groups in total. The van der Waals surface area contributed by atoms with Crippen molar-refractivity contribution in [2.75, 3.05) is 11.9 Å². The molecular formula is C13H15N3S2. The van der Waals surface area contributed by atoms with Crippen LogP contribution in [-0.4, -0.2) is 17.0 Å². The molecule has 0 saturated carbocycles. The Balaban J connectivity index is 2.09. The molecule has 0 bridgehead atoms. The number of aromatic nitrogens is 1. The van der Waals surface area contributed by atoms with E-state index in [0.717, 1.165) is 28.5 Å². The van der Waals surface area contributed by atoms with Crippen molar-refractivity contribution in [2.45, 2.75) is 13.5 Å². The molecule has 1 heterocycles. The van der Waals surface area contributed by atoms with E-state index >= 15 is 0 Å². The monoisotopic (exact) mass is 277 g/mol. The lowest BCUT2D eigenvalue weighted by molar-refractivity contribution is 0.890. The van der Waals surface area contributed by atoms with E-state index in [4.69, 9.17) is 18.0 Å². The lowest BCUT2D eigenvalue weighted by Gasteiger charge is -2.18. The zero-order valence-corrected chi connectivity index (χ0v) is 12.0. The molecule has 2 rings (SSSR count). The number of thiocarbonyl (C=S) groups is 1. The fourth-order valence-electron chi connectivity index (χ4n) is 1.70. The number of anilines is 1. The van der Waals surface area contributed by atoms with Crippen molar-refractivity contribution >= 4 is 34.2 Å². The highest BCUT2D eigenvalue weighted by Crippen LogP contribution is 2.17. The van der Waals surface area contributed by atoms with Gasteiger partial charge >= 0.3 is 0 Å². The van der Waals surface area contributed by atoms with Crippen LogP contribution >= 0.6 is 23.6 Å².